The average Bonchev–Trinajstić information content (AvgIpc) is 2.50. The first-order chi connectivity index (χ1) is 6.65. The third-order valence-electron chi connectivity index (χ3n) is 2.67. The van der Waals surface area contributed by atoms with Crippen LogP contribution >= 0.6 is 0 Å². The van der Waals surface area contributed by atoms with Gasteiger partial charge >= 0.3 is 0 Å². The summed E-state index contributed by atoms with van der Waals surface area (Å²) in [7, 11) is 0. The molecule has 0 bridgehead atoms. The van der Waals surface area contributed by atoms with Crippen LogP contribution in [0.15, 0.2) is 0 Å². The lowest BCUT2D eigenvalue weighted by molar-refractivity contribution is 0.0161. The molecule has 2 atom stereocenters. The molecule has 0 saturated heterocycles. The number of nitrogens with zero attached hydrogens (tertiary/aromatic N) is 1. The summed E-state index contributed by atoms with van der Waals surface area (Å²) in [5.41, 5.74) is 0. The first-order valence-corrected chi connectivity index (χ1v) is 4.96. The second-order valence-electron chi connectivity index (χ2n) is 3.68. The second-order valence-corrected chi connectivity index (χ2v) is 3.68. The van der Waals surface area contributed by atoms with E-state index in [0.717, 1.165) is 12.8 Å². The fraction of sp³-hybridized carbons (Fsp3) is 1.00. The Morgan fingerprint density at radius 2 is 2.07 bits per heavy atom. The van der Waals surface area contributed by atoms with E-state index in [0.29, 0.717) is 6.42 Å². The predicted molar refractivity (Wildman–Crippen MR) is 48.3 cm³/mol. The normalized spacial score (nSPS) is 27.9. The van der Waals surface area contributed by atoms with Crippen molar-refractivity contribution in [1.82, 2.24) is 4.90 Å². The Morgan fingerprint density at radius 1 is 1.36 bits per heavy atom. The molecule has 0 amide bonds. The summed E-state index contributed by atoms with van der Waals surface area (Å²) in [6, 6.07) is -0.198. The highest BCUT2D eigenvalue weighted by Gasteiger charge is 2.31. The standard InChI is InChI=1S/C9H17F2NO2/c10-9(11)6-12(4-5-13)7-2-1-3-8(7)14/h7-9,13-14H,1-6H2/t7-,8-/m1/s1. The van der Waals surface area contributed by atoms with Gasteiger partial charge in [0.05, 0.1) is 19.3 Å². The number of alkyl halides is 2. The van der Waals surface area contributed by atoms with Crippen LogP contribution in [0, 0.1) is 0 Å². The molecule has 0 heterocycles. The molecule has 1 rings (SSSR count). The maximum absolute atomic E-state index is 12.2. The fourth-order valence-electron chi connectivity index (χ4n) is 2.05. The van der Waals surface area contributed by atoms with Crippen LogP contribution in [0.4, 0.5) is 8.78 Å². The van der Waals surface area contributed by atoms with Crippen molar-refractivity contribution in [1.29, 1.82) is 0 Å². The Hall–Kier alpha value is -0.260. The van der Waals surface area contributed by atoms with E-state index in [1.54, 1.807) is 0 Å². The Morgan fingerprint density at radius 3 is 2.50 bits per heavy atom. The molecule has 0 aromatic heterocycles. The van der Waals surface area contributed by atoms with Crippen LogP contribution in [0.5, 0.6) is 0 Å². The van der Waals surface area contributed by atoms with E-state index in [4.69, 9.17) is 5.11 Å². The molecule has 0 spiro atoms. The van der Waals surface area contributed by atoms with Gasteiger partial charge < -0.3 is 10.2 Å². The van der Waals surface area contributed by atoms with Crippen molar-refractivity contribution >= 4 is 0 Å². The molecule has 1 fully saturated rings. The summed E-state index contributed by atoms with van der Waals surface area (Å²) < 4.78 is 24.4. The van der Waals surface area contributed by atoms with Gasteiger partial charge in [-0.05, 0) is 19.3 Å². The molecule has 0 unspecified atom stereocenters. The third kappa shape index (κ3) is 3.15. The zero-order valence-corrected chi connectivity index (χ0v) is 8.07. The number of hydrogen-bond acceptors (Lipinski definition) is 3. The lowest BCUT2D eigenvalue weighted by Gasteiger charge is -2.29. The summed E-state index contributed by atoms with van der Waals surface area (Å²) in [6.45, 7) is -0.287. The van der Waals surface area contributed by atoms with Crippen LogP contribution in [-0.4, -0.2) is 53.4 Å². The largest absolute Gasteiger partial charge is 0.395 e. The summed E-state index contributed by atoms with van der Waals surface area (Å²) in [5.74, 6) is 0. The fourth-order valence-corrected chi connectivity index (χ4v) is 2.05. The monoisotopic (exact) mass is 209 g/mol. The summed E-state index contributed by atoms with van der Waals surface area (Å²) in [6.07, 6.45) is -0.629. The molecule has 2 N–H and O–H groups in total. The Bertz CT molecular complexity index is 169. The molecule has 5 heteroatoms. The van der Waals surface area contributed by atoms with Crippen molar-refractivity contribution in [2.45, 2.75) is 37.8 Å². The molecular formula is C9H17F2NO2. The minimum atomic E-state index is -2.41. The van der Waals surface area contributed by atoms with E-state index in [9.17, 15) is 13.9 Å². The number of aliphatic hydroxyl groups is 2. The van der Waals surface area contributed by atoms with Crippen LogP contribution in [0.2, 0.25) is 0 Å². The van der Waals surface area contributed by atoms with Crippen molar-refractivity contribution in [3.63, 3.8) is 0 Å². The van der Waals surface area contributed by atoms with Crippen molar-refractivity contribution < 1.29 is 19.0 Å². The minimum absolute atomic E-state index is 0.143. The molecular weight excluding hydrogens is 192 g/mol. The molecule has 1 aliphatic carbocycles. The van der Waals surface area contributed by atoms with Crippen molar-refractivity contribution in [3.05, 3.63) is 0 Å². The highest BCUT2D eigenvalue weighted by molar-refractivity contribution is 4.85. The SMILES string of the molecule is OCCN(CC(F)F)[C@@H]1CCC[C@H]1O. The van der Waals surface area contributed by atoms with Gasteiger partial charge in [-0.3, -0.25) is 4.90 Å². The topological polar surface area (TPSA) is 43.7 Å². The quantitative estimate of drug-likeness (QED) is 0.691. The van der Waals surface area contributed by atoms with Gasteiger partial charge in [0.25, 0.3) is 6.43 Å². The number of halogens is 2. The van der Waals surface area contributed by atoms with Crippen molar-refractivity contribution in [3.8, 4) is 0 Å². The molecule has 0 aromatic rings. The van der Waals surface area contributed by atoms with Crippen LogP contribution < -0.4 is 0 Å². The molecule has 0 aliphatic heterocycles. The lowest BCUT2D eigenvalue weighted by atomic mass is 10.2. The summed E-state index contributed by atoms with van der Waals surface area (Å²) in [5, 5.41) is 18.3. The molecule has 0 aromatic carbocycles. The number of hydrogen-bond donors (Lipinski definition) is 2. The van der Waals surface area contributed by atoms with Gasteiger partial charge in [0, 0.05) is 12.6 Å². The van der Waals surface area contributed by atoms with Crippen molar-refractivity contribution in [2.75, 3.05) is 19.7 Å². The van der Waals surface area contributed by atoms with E-state index < -0.39 is 12.5 Å². The first-order valence-electron chi connectivity index (χ1n) is 4.96. The van der Waals surface area contributed by atoms with Gasteiger partial charge in [-0.25, -0.2) is 8.78 Å². The van der Waals surface area contributed by atoms with Gasteiger partial charge in [-0.2, -0.15) is 0 Å². The maximum atomic E-state index is 12.2. The average molecular weight is 209 g/mol. The zero-order valence-electron chi connectivity index (χ0n) is 8.07. The van der Waals surface area contributed by atoms with Crippen LogP contribution in [-0.2, 0) is 0 Å². The molecule has 1 saturated carbocycles. The zero-order chi connectivity index (χ0) is 10.6. The van der Waals surface area contributed by atoms with Crippen LogP contribution in [0.1, 0.15) is 19.3 Å². The van der Waals surface area contributed by atoms with Gasteiger partial charge in [0.1, 0.15) is 0 Å². The molecule has 84 valence electrons. The van der Waals surface area contributed by atoms with E-state index >= 15 is 0 Å². The molecule has 3 nitrogen and oxygen atoms in total. The minimum Gasteiger partial charge on any atom is -0.395 e. The Kier molecular flexibility index (Phi) is 4.71. The molecule has 1 aliphatic rings. The highest BCUT2D eigenvalue weighted by Crippen LogP contribution is 2.24. The van der Waals surface area contributed by atoms with E-state index in [1.807, 2.05) is 0 Å². The molecule has 0 radical (unpaired) electrons. The smallest absolute Gasteiger partial charge is 0.251 e. The molecule has 14 heavy (non-hydrogen) atoms. The van der Waals surface area contributed by atoms with E-state index in [1.165, 1.54) is 4.90 Å². The predicted octanol–water partition coefficient (Wildman–Crippen LogP) is 0.459. The van der Waals surface area contributed by atoms with Gasteiger partial charge in [-0.1, -0.05) is 0 Å². The maximum Gasteiger partial charge on any atom is 0.251 e. The van der Waals surface area contributed by atoms with Crippen molar-refractivity contribution in [2.24, 2.45) is 0 Å². The summed E-state index contributed by atoms with van der Waals surface area (Å²) in [4.78, 5) is 1.49. The van der Waals surface area contributed by atoms with Crippen LogP contribution in [0.25, 0.3) is 0 Å². The van der Waals surface area contributed by atoms with Gasteiger partial charge in [0.2, 0.25) is 0 Å². The van der Waals surface area contributed by atoms with E-state index in [-0.39, 0.29) is 25.7 Å². The third-order valence-corrected chi connectivity index (χ3v) is 2.67. The number of rotatable bonds is 5. The van der Waals surface area contributed by atoms with Gasteiger partial charge in [0.15, 0.2) is 0 Å². The highest BCUT2D eigenvalue weighted by atomic mass is 19.3. The summed E-state index contributed by atoms with van der Waals surface area (Å²) >= 11 is 0. The van der Waals surface area contributed by atoms with E-state index in [2.05, 4.69) is 0 Å². The number of aliphatic hydroxyl groups excluding tert-OH is 2. The Balaban J connectivity index is 2.47. The first kappa shape index (κ1) is 11.8. The van der Waals surface area contributed by atoms with Gasteiger partial charge in [-0.15, -0.1) is 0 Å². The lowest BCUT2D eigenvalue weighted by Crippen LogP contribution is -2.44. The van der Waals surface area contributed by atoms with Crippen LogP contribution in [0.3, 0.4) is 0 Å². The Labute approximate surface area is 82.3 Å². The second kappa shape index (κ2) is 5.58.